The Morgan fingerprint density at radius 1 is 0.627 bits per heavy atom. The first-order valence-electron chi connectivity index (χ1n) is 23.5. The van der Waals surface area contributed by atoms with Gasteiger partial charge in [-0.1, -0.05) is 53.7 Å². The fourth-order valence-electron chi connectivity index (χ4n) is 8.73. The van der Waals surface area contributed by atoms with Gasteiger partial charge in [0.2, 0.25) is 20.0 Å². The third-order valence-electron chi connectivity index (χ3n) is 11.6. The molecule has 0 bridgehead atoms. The second kappa shape index (κ2) is 25.0. The molecular weight excluding hydrogens is 893 g/mol. The number of carbonyl (C=O) groups is 2. The van der Waals surface area contributed by atoms with Crippen molar-refractivity contribution in [2.45, 2.75) is 124 Å². The molecule has 4 atom stereocenters. The van der Waals surface area contributed by atoms with Crippen molar-refractivity contribution in [2.75, 3.05) is 104 Å². The first-order chi connectivity index (χ1) is 30.9. The minimum Gasteiger partial charge on any atom is -0.468 e. The highest BCUT2D eigenvalue weighted by molar-refractivity contribution is 7.89. The number of likely N-dealkylation sites (N-methyl/N-ethyl adjacent to an activating group) is 2. The molecule has 16 nitrogen and oxygen atoms in total. The predicted octanol–water partition coefficient (Wildman–Crippen LogP) is 4.96. The van der Waals surface area contributed by atoms with Gasteiger partial charge >= 0.3 is 11.9 Å². The van der Waals surface area contributed by atoms with E-state index in [0.29, 0.717) is 25.2 Å². The Bertz CT molecular complexity index is 2140. The predicted molar refractivity (Wildman–Crippen MR) is 272 cm³/mol. The maximum absolute atomic E-state index is 12.7. The van der Waals surface area contributed by atoms with Crippen molar-refractivity contribution in [3.63, 3.8) is 0 Å². The van der Waals surface area contributed by atoms with E-state index in [2.05, 4.69) is 102 Å². The molecule has 2 aromatic carbocycles. The van der Waals surface area contributed by atoms with Crippen molar-refractivity contribution in [2.24, 2.45) is 10.8 Å². The maximum Gasteiger partial charge on any atom is 0.324 e. The molecule has 2 N–H and O–H groups in total. The summed E-state index contributed by atoms with van der Waals surface area (Å²) >= 11 is 0. The van der Waals surface area contributed by atoms with Crippen LogP contribution in [0.25, 0.3) is 0 Å². The SMILES string of the molecule is CCOC(=O)C1CCS(=O)(=O)N1Cc1cc(CN[C@H](CN(C)C)CC(C)(C)C)cc(N(C)C)c1.COC(=O)C1CCS(=O)(=O)N1Cc1cc(CN[C@H](CN(C)C)CC(C)(C)C)cc(N(C)C)c1. The van der Waals surface area contributed by atoms with Crippen molar-refractivity contribution < 1.29 is 35.9 Å². The van der Waals surface area contributed by atoms with Gasteiger partial charge in [-0.15, -0.1) is 0 Å². The van der Waals surface area contributed by atoms with Gasteiger partial charge in [-0.05, 0) is 118 Å². The number of esters is 2. The van der Waals surface area contributed by atoms with E-state index >= 15 is 0 Å². The molecule has 0 radical (unpaired) electrons. The van der Waals surface area contributed by atoms with E-state index in [-0.39, 0.29) is 54.9 Å². The molecule has 67 heavy (non-hydrogen) atoms. The zero-order valence-corrected chi connectivity index (χ0v) is 45.4. The summed E-state index contributed by atoms with van der Waals surface area (Å²) in [5.74, 6) is -1.04. The molecular formula is C49H86N8O8S2. The van der Waals surface area contributed by atoms with Crippen LogP contribution in [0.3, 0.4) is 0 Å². The van der Waals surface area contributed by atoms with Gasteiger partial charge in [0, 0.05) is 90.9 Å². The van der Waals surface area contributed by atoms with Gasteiger partial charge in [0.1, 0.15) is 12.1 Å². The normalized spacial score (nSPS) is 19.5. The highest BCUT2D eigenvalue weighted by atomic mass is 32.2. The quantitative estimate of drug-likeness (QED) is 0.161. The third kappa shape index (κ3) is 19.2. The zero-order chi connectivity index (χ0) is 50.7. The standard InChI is InChI=1S/C25H44N4O4S.C24H42N4O4S/c1-9-33-24(30)23-10-11-34(31,32)29(23)17-20-12-19(13-22(14-20)28(7)8)16-26-21(18-27(5)6)15-25(2,3)4;1-24(2,3)14-20(17-26(4)5)25-15-18-11-19(13-21(12-18)27(6)7)16-28-22(23(29)32-8)9-10-33(28,30)31/h12-14,21,23,26H,9-11,15-18H2,1-8H3;11-13,20,22,25H,9-10,14-17H2,1-8H3/t21-,23?;20-,22?/m00/s1. The van der Waals surface area contributed by atoms with Gasteiger partial charge in [-0.3, -0.25) is 9.59 Å². The van der Waals surface area contributed by atoms with Gasteiger partial charge in [0.15, 0.2) is 0 Å². The highest BCUT2D eigenvalue weighted by Gasteiger charge is 2.43. The van der Waals surface area contributed by atoms with Crippen molar-refractivity contribution >= 4 is 43.4 Å². The Kier molecular flexibility index (Phi) is 21.6. The smallest absolute Gasteiger partial charge is 0.324 e. The Balaban J connectivity index is 0.000000355. The summed E-state index contributed by atoms with van der Waals surface area (Å²) in [4.78, 5) is 33.0. The molecule has 2 heterocycles. The lowest BCUT2D eigenvalue weighted by Crippen LogP contribution is -2.40. The Hall–Kier alpha value is -3.36. The summed E-state index contributed by atoms with van der Waals surface area (Å²) in [6.45, 7) is 19.0. The average molecular weight is 979 g/mol. The first kappa shape index (κ1) is 58.0. The molecule has 0 aliphatic carbocycles. The highest BCUT2D eigenvalue weighted by Crippen LogP contribution is 2.30. The molecule has 2 fully saturated rings. The molecule has 4 rings (SSSR count). The molecule has 2 aliphatic rings. The summed E-state index contributed by atoms with van der Waals surface area (Å²) in [5.41, 5.74) is 6.30. The van der Waals surface area contributed by atoms with Crippen LogP contribution in [-0.2, 0) is 65.3 Å². The lowest BCUT2D eigenvalue weighted by molar-refractivity contribution is -0.147. The molecule has 382 valence electrons. The fraction of sp³-hybridized carbons (Fsp3) is 0.714. The second-order valence-electron chi connectivity index (χ2n) is 21.6. The maximum atomic E-state index is 12.7. The van der Waals surface area contributed by atoms with Crippen LogP contribution in [0.15, 0.2) is 36.4 Å². The summed E-state index contributed by atoms with van der Waals surface area (Å²) in [6, 6.07) is 11.4. The molecule has 0 spiro atoms. The van der Waals surface area contributed by atoms with Crippen molar-refractivity contribution in [1.82, 2.24) is 29.0 Å². The molecule has 2 aliphatic heterocycles. The monoisotopic (exact) mass is 979 g/mol. The van der Waals surface area contributed by atoms with E-state index < -0.39 is 44.1 Å². The third-order valence-corrected chi connectivity index (χ3v) is 15.3. The van der Waals surface area contributed by atoms with Crippen LogP contribution in [0, 0.1) is 10.8 Å². The number of nitrogens with one attached hydrogen (secondary N) is 2. The van der Waals surface area contributed by atoms with E-state index in [4.69, 9.17) is 9.47 Å². The number of sulfonamides is 2. The van der Waals surface area contributed by atoms with E-state index in [9.17, 15) is 26.4 Å². The van der Waals surface area contributed by atoms with E-state index in [1.165, 1.54) is 15.7 Å². The Morgan fingerprint density at radius 3 is 1.30 bits per heavy atom. The van der Waals surface area contributed by atoms with E-state index in [0.717, 1.165) is 59.6 Å². The summed E-state index contributed by atoms with van der Waals surface area (Å²) in [6.07, 6.45) is 2.61. The van der Waals surface area contributed by atoms with Crippen LogP contribution in [0.4, 0.5) is 11.4 Å². The van der Waals surface area contributed by atoms with Crippen molar-refractivity contribution in [3.8, 4) is 0 Å². The van der Waals surface area contributed by atoms with Gasteiger partial charge in [0.25, 0.3) is 0 Å². The van der Waals surface area contributed by atoms with Crippen LogP contribution in [0.1, 0.15) is 96.4 Å². The molecule has 2 saturated heterocycles. The van der Waals surface area contributed by atoms with Crippen LogP contribution >= 0.6 is 0 Å². The molecule has 18 heteroatoms. The van der Waals surface area contributed by atoms with Gasteiger partial charge in [-0.2, -0.15) is 8.61 Å². The van der Waals surface area contributed by atoms with E-state index in [1.54, 1.807) is 6.92 Å². The Labute approximate surface area is 405 Å². The Morgan fingerprint density at radius 2 is 0.985 bits per heavy atom. The number of hydrogen-bond donors (Lipinski definition) is 2. The largest absolute Gasteiger partial charge is 0.468 e. The van der Waals surface area contributed by atoms with Crippen LogP contribution in [0.5, 0.6) is 0 Å². The fourth-order valence-corrected chi connectivity index (χ4v) is 12.1. The van der Waals surface area contributed by atoms with Crippen LogP contribution in [-0.4, -0.2) is 166 Å². The second-order valence-corrected chi connectivity index (χ2v) is 25.7. The van der Waals surface area contributed by atoms with Gasteiger partial charge in [0.05, 0.1) is 25.2 Å². The molecule has 2 unspecified atom stereocenters. The summed E-state index contributed by atoms with van der Waals surface area (Å²) in [7, 11) is 10.5. The number of carbonyl (C=O) groups excluding carboxylic acids is 2. The average Bonchev–Trinajstić information content (AvgIpc) is 3.66. The molecule has 0 saturated carbocycles. The minimum atomic E-state index is -3.51. The van der Waals surface area contributed by atoms with E-state index in [1.807, 2.05) is 62.3 Å². The minimum absolute atomic E-state index is 0.0305. The lowest BCUT2D eigenvalue weighted by atomic mass is 9.88. The lowest BCUT2D eigenvalue weighted by Gasteiger charge is -2.29. The van der Waals surface area contributed by atoms with Gasteiger partial charge in [-0.25, -0.2) is 16.8 Å². The summed E-state index contributed by atoms with van der Waals surface area (Å²) < 4.78 is 63.3. The number of hydrogen-bond acceptors (Lipinski definition) is 14. The number of rotatable bonds is 21. The molecule has 0 amide bonds. The topological polar surface area (TPSA) is 164 Å². The van der Waals surface area contributed by atoms with Crippen LogP contribution < -0.4 is 20.4 Å². The first-order valence-corrected chi connectivity index (χ1v) is 26.8. The summed E-state index contributed by atoms with van der Waals surface area (Å²) in [5, 5.41) is 7.40. The zero-order valence-electron chi connectivity index (χ0n) is 43.7. The number of nitrogens with zero attached hydrogens (tertiary/aromatic N) is 6. The number of ether oxygens (including phenoxy) is 2. The molecule has 0 aromatic heterocycles. The van der Waals surface area contributed by atoms with Crippen LogP contribution in [0.2, 0.25) is 0 Å². The number of benzene rings is 2. The number of methoxy groups -OCH3 is 1. The van der Waals surface area contributed by atoms with Gasteiger partial charge < -0.3 is 39.7 Å². The number of anilines is 2. The van der Waals surface area contributed by atoms with Crippen molar-refractivity contribution in [1.29, 1.82) is 0 Å². The van der Waals surface area contributed by atoms with Crippen molar-refractivity contribution in [3.05, 3.63) is 58.7 Å². The molecule has 2 aromatic rings.